The van der Waals surface area contributed by atoms with E-state index < -0.39 is 6.10 Å². The van der Waals surface area contributed by atoms with Gasteiger partial charge in [-0.3, -0.25) is 9.59 Å². The SMILES string of the molecule is CCC(Oc1ccccc1C)C(=O)Nc1cccc(C(=O)NCCOC)c1. The average molecular weight is 370 g/mol. The maximum absolute atomic E-state index is 12.6. The summed E-state index contributed by atoms with van der Waals surface area (Å²) in [5.41, 5.74) is 1.99. The standard InChI is InChI=1S/C21H26N2O4/c1-4-18(27-19-11-6-5-8-15(19)2)21(25)23-17-10-7-9-16(14-17)20(24)22-12-13-26-3/h5-11,14,18H,4,12-13H2,1-3H3,(H,22,24)(H,23,25). The average Bonchev–Trinajstić information content (AvgIpc) is 2.67. The largest absolute Gasteiger partial charge is 0.480 e. The summed E-state index contributed by atoms with van der Waals surface area (Å²) in [6.45, 7) is 4.69. The van der Waals surface area contributed by atoms with Crippen molar-refractivity contribution in [2.45, 2.75) is 26.4 Å². The molecule has 2 aromatic carbocycles. The van der Waals surface area contributed by atoms with Crippen LogP contribution in [-0.2, 0) is 9.53 Å². The summed E-state index contributed by atoms with van der Waals surface area (Å²) in [5, 5.41) is 5.58. The number of para-hydroxylation sites is 1. The minimum Gasteiger partial charge on any atom is -0.480 e. The molecular formula is C21H26N2O4. The topological polar surface area (TPSA) is 76.7 Å². The number of benzene rings is 2. The Kier molecular flexibility index (Phi) is 7.82. The Morgan fingerprint density at radius 1 is 1.11 bits per heavy atom. The molecule has 144 valence electrons. The van der Waals surface area contributed by atoms with Crippen LogP contribution >= 0.6 is 0 Å². The van der Waals surface area contributed by atoms with Gasteiger partial charge in [-0.1, -0.05) is 31.2 Å². The zero-order valence-electron chi connectivity index (χ0n) is 16.0. The van der Waals surface area contributed by atoms with Crippen molar-refractivity contribution >= 4 is 17.5 Å². The number of amides is 2. The fourth-order valence-electron chi connectivity index (χ4n) is 2.49. The molecule has 0 aromatic heterocycles. The lowest BCUT2D eigenvalue weighted by molar-refractivity contribution is -0.122. The first-order chi connectivity index (χ1) is 13.0. The van der Waals surface area contributed by atoms with E-state index in [1.807, 2.05) is 38.1 Å². The highest BCUT2D eigenvalue weighted by molar-refractivity contribution is 5.98. The van der Waals surface area contributed by atoms with Crippen LogP contribution in [0.1, 0.15) is 29.3 Å². The first-order valence-electron chi connectivity index (χ1n) is 8.95. The first kappa shape index (κ1) is 20.5. The van der Waals surface area contributed by atoms with E-state index in [2.05, 4.69) is 10.6 Å². The van der Waals surface area contributed by atoms with E-state index >= 15 is 0 Å². The molecule has 6 nitrogen and oxygen atoms in total. The molecule has 27 heavy (non-hydrogen) atoms. The van der Waals surface area contributed by atoms with Crippen molar-refractivity contribution in [2.24, 2.45) is 0 Å². The molecule has 0 radical (unpaired) electrons. The molecule has 2 aromatic rings. The number of carbonyl (C=O) groups excluding carboxylic acids is 2. The third-order valence-electron chi connectivity index (χ3n) is 4.01. The van der Waals surface area contributed by atoms with Gasteiger partial charge in [0.15, 0.2) is 6.10 Å². The van der Waals surface area contributed by atoms with Gasteiger partial charge in [-0.05, 0) is 43.2 Å². The predicted octanol–water partition coefficient (Wildman–Crippen LogP) is 3.17. The molecule has 6 heteroatoms. The second-order valence-electron chi connectivity index (χ2n) is 6.10. The molecule has 0 aliphatic heterocycles. The van der Waals surface area contributed by atoms with Gasteiger partial charge in [0, 0.05) is 24.9 Å². The molecule has 0 saturated heterocycles. The van der Waals surface area contributed by atoms with E-state index in [0.29, 0.717) is 36.6 Å². The maximum atomic E-state index is 12.6. The molecular weight excluding hydrogens is 344 g/mol. The van der Waals surface area contributed by atoms with Crippen molar-refractivity contribution in [2.75, 3.05) is 25.6 Å². The van der Waals surface area contributed by atoms with Gasteiger partial charge in [-0.25, -0.2) is 0 Å². The predicted molar refractivity (Wildman–Crippen MR) is 105 cm³/mol. The summed E-state index contributed by atoms with van der Waals surface area (Å²) < 4.78 is 10.8. The van der Waals surface area contributed by atoms with Gasteiger partial charge in [0.25, 0.3) is 11.8 Å². The molecule has 1 atom stereocenters. The number of nitrogens with one attached hydrogen (secondary N) is 2. The van der Waals surface area contributed by atoms with Crippen LogP contribution in [0.2, 0.25) is 0 Å². The highest BCUT2D eigenvalue weighted by atomic mass is 16.5. The number of ether oxygens (including phenoxy) is 2. The van der Waals surface area contributed by atoms with Crippen LogP contribution < -0.4 is 15.4 Å². The van der Waals surface area contributed by atoms with Crippen molar-refractivity contribution in [3.63, 3.8) is 0 Å². The molecule has 2 N–H and O–H groups in total. The Hall–Kier alpha value is -2.86. The van der Waals surface area contributed by atoms with Gasteiger partial charge >= 0.3 is 0 Å². The molecule has 0 spiro atoms. The molecule has 1 unspecified atom stereocenters. The van der Waals surface area contributed by atoms with Crippen molar-refractivity contribution in [1.82, 2.24) is 5.32 Å². The van der Waals surface area contributed by atoms with Crippen LogP contribution in [0.4, 0.5) is 5.69 Å². The second kappa shape index (κ2) is 10.3. The highest BCUT2D eigenvalue weighted by Crippen LogP contribution is 2.20. The number of aryl methyl sites for hydroxylation is 1. The van der Waals surface area contributed by atoms with Crippen LogP contribution in [-0.4, -0.2) is 38.2 Å². The third kappa shape index (κ3) is 6.11. The van der Waals surface area contributed by atoms with Crippen molar-refractivity contribution < 1.29 is 19.1 Å². The van der Waals surface area contributed by atoms with Gasteiger partial charge in [-0.2, -0.15) is 0 Å². The van der Waals surface area contributed by atoms with Crippen LogP contribution in [0.25, 0.3) is 0 Å². The number of anilines is 1. The molecule has 0 saturated carbocycles. The van der Waals surface area contributed by atoms with Crippen molar-refractivity contribution in [3.8, 4) is 5.75 Å². The first-order valence-corrected chi connectivity index (χ1v) is 8.95. The number of methoxy groups -OCH3 is 1. The summed E-state index contributed by atoms with van der Waals surface area (Å²) in [5.74, 6) is 0.217. The number of hydrogen-bond acceptors (Lipinski definition) is 4. The van der Waals surface area contributed by atoms with E-state index in [1.165, 1.54) is 0 Å². The van der Waals surface area contributed by atoms with Crippen molar-refractivity contribution in [3.05, 3.63) is 59.7 Å². The molecule has 0 aliphatic rings. The smallest absolute Gasteiger partial charge is 0.265 e. The molecule has 2 rings (SSSR count). The van der Waals surface area contributed by atoms with Gasteiger partial charge in [0.05, 0.1) is 6.61 Å². The van der Waals surface area contributed by atoms with E-state index in [1.54, 1.807) is 31.4 Å². The maximum Gasteiger partial charge on any atom is 0.265 e. The summed E-state index contributed by atoms with van der Waals surface area (Å²) in [4.78, 5) is 24.7. The molecule has 0 bridgehead atoms. The zero-order valence-corrected chi connectivity index (χ0v) is 16.0. The quantitative estimate of drug-likeness (QED) is 0.665. The summed E-state index contributed by atoms with van der Waals surface area (Å²) in [7, 11) is 1.57. The van der Waals surface area contributed by atoms with Crippen molar-refractivity contribution in [1.29, 1.82) is 0 Å². The van der Waals surface area contributed by atoms with Gasteiger partial charge < -0.3 is 20.1 Å². The Morgan fingerprint density at radius 2 is 1.89 bits per heavy atom. The minimum absolute atomic E-state index is 0.216. The summed E-state index contributed by atoms with van der Waals surface area (Å²) in [6, 6.07) is 14.4. The molecule has 0 aliphatic carbocycles. The Labute approximate surface area is 159 Å². The normalized spacial score (nSPS) is 11.5. The molecule has 0 fully saturated rings. The fraction of sp³-hybridized carbons (Fsp3) is 0.333. The Bertz CT molecular complexity index is 776. The number of hydrogen-bond donors (Lipinski definition) is 2. The lowest BCUT2D eigenvalue weighted by Crippen LogP contribution is -2.32. The number of carbonyl (C=O) groups is 2. The number of rotatable bonds is 9. The van der Waals surface area contributed by atoms with Crippen LogP contribution in [0.5, 0.6) is 5.75 Å². The lowest BCUT2D eigenvalue weighted by Gasteiger charge is -2.18. The van der Waals surface area contributed by atoms with Crippen LogP contribution in [0, 0.1) is 6.92 Å². The molecule has 2 amide bonds. The van der Waals surface area contributed by atoms with Crippen LogP contribution in [0.15, 0.2) is 48.5 Å². The lowest BCUT2D eigenvalue weighted by atomic mass is 10.1. The third-order valence-corrected chi connectivity index (χ3v) is 4.01. The highest BCUT2D eigenvalue weighted by Gasteiger charge is 2.19. The van der Waals surface area contributed by atoms with E-state index in [0.717, 1.165) is 5.56 Å². The van der Waals surface area contributed by atoms with Gasteiger partial charge in [0.1, 0.15) is 5.75 Å². The summed E-state index contributed by atoms with van der Waals surface area (Å²) in [6.07, 6.45) is -0.0949. The van der Waals surface area contributed by atoms with E-state index in [9.17, 15) is 9.59 Å². The monoisotopic (exact) mass is 370 g/mol. The summed E-state index contributed by atoms with van der Waals surface area (Å²) >= 11 is 0. The molecule has 0 heterocycles. The minimum atomic E-state index is -0.620. The van der Waals surface area contributed by atoms with Crippen LogP contribution in [0.3, 0.4) is 0 Å². The Morgan fingerprint density at radius 3 is 2.59 bits per heavy atom. The Balaban J connectivity index is 2.02. The van der Waals surface area contributed by atoms with E-state index in [4.69, 9.17) is 9.47 Å². The zero-order chi connectivity index (χ0) is 19.6. The van der Waals surface area contributed by atoms with Gasteiger partial charge in [0.2, 0.25) is 0 Å². The van der Waals surface area contributed by atoms with Gasteiger partial charge in [-0.15, -0.1) is 0 Å². The fourth-order valence-corrected chi connectivity index (χ4v) is 2.49. The second-order valence-corrected chi connectivity index (χ2v) is 6.10. The van der Waals surface area contributed by atoms with E-state index in [-0.39, 0.29) is 11.8 Å².